The van der Waals surface area contributed by atoms with Crippen molar-refractivity contribution in [2.24, 2.45) is 5.73 Å². The van der Waals surface area contributed by atoms with E-state index in [1.165, 1.54) is 89.9 Å². The van der Waals surface area contributed by atoms with Crippen molar-refractivity contribution in [2.75, 3.05) is 0 Å². The summed E-state index contributed by atoms with van der Waals surface area (Å²) in [5.74, 6) is 0. The van der Waals surface area contributed by atoms with E-state index in [-0.39, 0.29) is 5.54 Å². The van der Waals surface area contributed by atoms with Gasteiger partial charge in [0, 0.05) is 5.54 Å². The average molecular weight is 270 g/mol. The SMILES string of the molecule is CCCCCCCCCCCCCCCC(C)(C)N. The maximum Gasteiger partial charge on any atom is 0.00970 e. The molecule has 0 amide bonds. The Morgan fingerprint density at radius 1 is 0.579 bits per heavy atom. The van der Waals surface area contributed by atoms with Crippen molar-refractivity contribution in [2.45, 2.75) is 116 Å². The first-order valence-corrected chi connectivity index (χ1v) is 8.85. The normalized spacial score (nSPS) is 12.0. The highest BCUT2D eigenvalue weighted by atomic mass is 14.7. The second kappa shape index (κ2) is 13.0. The molecule has 0 spiro atoms. The first-order valence-electron chi connectivity index (χ1n) is 8.85. The minimum atomic E-state index is 0.0395. The highest BCUT2D eigenvalue weighted by molar-refractivity contribution is 4.70. The summed E-state index contributed by atoms with van der Waals surface area (Å²) in [5.41, 5.74) is 6.01. The molecule has 0 bridgehead atoms. The quantitative estimate of drug-likeness (QED) is 0.373. The van der Waals surface area contributed by atoms with Gasteiger partial charge in [-0.15, -0.1) is 0 Å². The third kappa shape index (κ3) is 18.0. The van der Waals surface area contributed by atoms with Crippen LogP contribution in [0.3, 0.4) is 0 Å². The first-order chi connectivity index (χ1) is 9.06. The summed E-state index contributed by atoms with van der Waals surface area (Å²) in [5, 5.41) is 0. The molecule has 0 atom stereocenters. The van der Waals surface area contributed by atoms with E-state index >= 15 is 0 Å². The van der Waals surface area contributed by atoms with Gasteiger partial charge in [-0.1, -0.05) is 90.4 Å². The average Bonchev–Trinajstić information content (AvgIpc) is 2.34. The van der Waals surface area contributed by atoms with E-state index in [9.17, 15) is 0 Å². The van der Waals surface area contributed by atoms with Gasteiger partial charge >= 0.3 is 0 Å². The van der Waals surface area contributed by atoms with Crippen molar-refractivity contribution in [1.29, 1.82) is 0 Å². The fourth-order valence-electron chi connectivity index (χ4n) is 2.60. The van der Waals surface area contributed by atoms with E-state index in [1.54, 1.807) is 0 Å². The summed E-state index contributed by atoms with van der Waals surface area (Å²) in [6, 6.07) is 0. The predicted molar refractivity (Wildman–Crippen MR) is 88.6 cm³/mol. The molecule has 0 fully saturated rings. The molecule has 1 heteroatoms. The Labute approximate surface area is 122 Å². The number of hydrogen-bond donors (Lipinski definition) is 1. The van der Waals surface area contributed by atoms with E-state index in [0.29, 0.717) is 0 Å². The lowest BCUT2D eigenvalue weighted by Gasteiger charge is -2.17. The van der Waals surface area contributed by atoms with E-state index in [1.807, 2.05) is 0 Å². The number of hydrogen-bond acceptors (Lipinski definition) is 1. The number of rotatable bonds is 14. The Morgan fingerprint density at radius 3 is 1.21 bits per heavy atom. The Bertz CT molecular complexity index is 169. The fourth-order valence-corrected chi connectivity index (χ4v) is 2.60. The molecule has 0 saturated heterocycles. The molecule has 1 nitrogen and oxygen atoms in total. The second-order valence-corrected chi connectivity index (χ2v) is 6.98. The summed E-state index contributed by atoms with van der Waals surface area (Å²) in [4.78, 5) is 0. The van der Waals surface area contributed by atoms with Gasteiger partial charge in [-0.25, -0.2) is 0 Å². The summed E-state index contributed by atoms with van der Waals surface area (Å²) in [6.45, 7) is 6.55. The molecule has 0 unspecified atom stereocenters. The molecule has 0 saturated carbocycles. The van der Waals surface area contributed by atoms with Crippen LogP contribution in [0.15, 0.2) is 0 Å². The van der Waals surface area contributed by atoms with Gasteiger partial charge in [0.25, 0.3) is 0 Å². The Kier molecular flexibility index (Phi) is 12.9. The van der Waals surface area contributed by atoms with Crippen LogP contribution in [-0.2, 0) is 0 Å². The minimum absolute atomic E-state index is 0.0395. The Morgan fingerprint density at radius 2 is 0.895 bits per heavy atom. The van der Waals surface area contributed by atoms with Crippen LogP contribution in [-0.4, -0.2) is 5.54 Å². The molecular weight excluding hydrogens is 230 g/mol. The van der Waals surface area contributed by atoms with E-state index in [4.69, 9.17) is 5.73 Å². The highest BCUT2D eigenvalue weighted by Crippen LogP contribution is 2.15. The van der Waals surface area contributed by atoms with Gasteiger partial charge in [0.2, 0.25) is 0 Å². The second-order valence-electron chi connectivity index (χ2n) is 6.98. The van der Waals surface area contributed by atoms with Gasteiger partial charge < -0.3 is 5.73 Å². The summed E-state index contributed by atoms with van der Waals surface area (Å²) in [7, 11) is 0. The zero-order valence-electron chi connectivity index (χ0n) is 14.0. The molecule has 0 rings (SSSR count). The van der Waals surface area contributed by atoms with Gasteiger partial charge in [-0.3, -0.25) is 0 Å². The van der Waals surface area contributed by atoms with Crippen molar-refractivity contribution < 1.29 is 0 Å². The van der Waals surface area contributed by atoms with Crippen molar-refractivity contribution in [3.63, 3.8) is 0 Å². The lowest BCUT2D eigenvalue weighted by atomic mass is 9.97. The van der Waals surface area contributed by atoms with Gasteiger partial charge in [0.15, 0.2) is 0 Å². The molecule has 19 heavy (non-hydrogen) atoms. The molecule has 0 aliphatic heterocycles. The maximum absolute atomic E-state index is 5.97. The van der Waals surface area contributed by atoms with Crippen LogP contribution in [0, 0.1) is 0 Å². The lowest BCUT2D eigenvalue weighted by Crippen LogP contribution is -2.31. The minimum Gasteiger partial charge on any atom is -0.326 e. The molecule has 2 N–H and O–H groups in total. The summed E-state index contributed by atoms with van der Waals surface area (Å²) in [6.07, 6.45) is 19.7. The van der Waals surface area contributed by atoms with Crippen molar-refractivity contribution >= 4 is 0 Å². The lowest BCUT2D eigenvalue weighted by molar-refractivity contribution is 0.440. The molecule has 0 aromatic carbocycles. The molecule has 0 aliphatic carbocycles. The number of nitrogens with two attached hydrogens (primary N) is 1. The third-order valence-electron chi connectivity index (χ3n) is 3.92. The van der Waals surface area contributed by atoms with E-state index in [0.717, 1.165) is 0 Å². The van der Waals surface area contributed by atoms with E-state index < -0.39 is 0 Å². The van der Waals surface area contributed by atoms with Gasteiger partial charge in [-0.05, 0) is 20.3 Å². The Hall–Kier alpha value is -0.0400. The largest absolute Gasteiger partial charge is 0.326 e. The first kappa shape index (κ1) is 19.0. The number of unbranched alkanes of at least 4 members (excludes halogenated alkanes) is 12. The van der Waals surface area contributed by atoms with Crippen LogP contribution in [0.2, 0.25) is 0 Å². The Balaban J connectivity index is 2.99. The smallest absolute Gasteiger partial charge is 0.00970 e. The van der Waals surface area contributed by atoms with Crippen LogP contribution in [0.4, 0.5) is 0 Å². The monoisotopic (exact) mass is 269 g/mol. The molecular formula is C18H39N. The van der Waals surface area contributed by atoms with Crippen LogP contribution in [0.5, 0.6) is 0 Å². The fraction of sp³-hybridized carbons (Fsp3) is 1.00. The van der Waals surface area contributed by atoms with Crippen molar-refractivity contribution in [3.05, 3.63) is 0 Å². The maximum atomic E-state index is 5.97. The van der Waals surface area contributed by atoms with Gasteiger partial charge in [0.1, 0.15) is 0 Å². The van der Waals surface area contributed by atoms with Crippen molar-refractivity contribution in [3.8, 4) is 0 Å². The summed E-state index contributed by atoms with van der Waals surface area (Å²) < 4.78 is 0. The molecule has 0 radical (unpaired) electrons. The van der Waals surface area contributed by atoms with Gasteiger partial charge in [-0.2, -0.15) is 0 Å². The van der Waals surface area contributed by atoms with Crippen molar-refractivity contribution in [1.82, 2.24) is 0 Å². The zero-order valence-corrected chi connectivity index (χ0v) is 14.0. The molecule has 0 aromatic rings. The van der Waals surface area contributed by atoms with Crippen LogP contribution >= 0.6 is 0 Å². The molecule has 0 heterocycles. The van der Waals surface area contributed by atoms with Gasteiger partial charge in [0.05, 0.1) is 0 Å². The molecule has 116 valence electrons. The summed E-state index contributed by atoms with van der Waals surface area (Å²) >= 11 is 0. The van der Waals surface area contributed by atoms with Crippen LogP contribution in [0.25, 0.3) is 0 Å². The zero-order chi connectivity index (χ0) is 14.4. The van der Waals surface area contributed by atoms with Crippen LogP contribution in [0.1, 0.15) is 111 Å². The topological polar surface area (TPSA) is 26.0 Å². The third-order valence-corrected chi connectivity index (χ3v) is 3.92. The predicted octanol–water partition coefficient (Wildman–Crippen LogP) is 6.21. The molecule has 0 aromatic heterocycles. The highest BCUT2D eigenvalue weighted by Gasteiger charge is 2.08. The standard InChI is InChI=1S/C18H39N/c1-4-5-6-7-8-9-10-11-12-13-14-15-16-17-18(2,3)19/h4-17,19H2,1-3H3. The van der Waals surface area contributed by atoms with E-state index in [2.05, 4.69) is 20.8 Å². The van der Waals surface area contributed by atoms with Crippen LogP contribution < -0.4 is 5.73 Å². The molecule has 0 aliphatic rings.